The standard InChI is InChI=1S/C55H47NS.C8H12/c1-6-9-22-40(4)47-37-51(43-27-20-26-42(31-32-43)41(21-8-3)23-10-7-2)55(57-5)52(38-47)45-33-34-53-46(36-45)25-14-11-12-19-35-56(53)54-39-44-24-17-18-28-48(44)49-29-15-13-16-30-50(49)54;1-4-6-7-8(3)5-2/h6-15,17-22,24,26-30,32-34,36-39H,2,25,35H2,1,3-5H3;4-7H,2H2,1,3H3/b9-6-,14-11-,19-12-,21-8-,40-22+;6-4-,8-7+. The first-order chi connectivity index (χ1) is 31.8. The molecule has 3 aliphatic rings. The Morgan fingerprint density at radius 2 is 1.60 bits per heavy atom. The Morgan fingerprint density at radius 1 is 0.800 bits per heavy atom. The molecule has 0 aromatic heterocycles. The first kappa shape index (κ1) is 47.2. The molecule has 0 amide bonds. The molecule has 0 spiro atoms. The highest BCUT2D eigenvalue weighted by Gasteiger charge is 2.22. The van der Waals surface area contributed by atoms with Crippen molar-refractivity contribution in [3.63, 3.8) is 0 Å². The fraction of sp³-hybridized carbons (Fsp3) is 0.127. The van der Waals surface area contributed by atoms with E-state index in [-0.39, 0.29) is 0 Å². The Balaban J connectivity index is 0.000000800. The van der Waals surface area contributed by atoms with Gasteiger partial charge in [0.1, 0.15) is 0 Å². The van der Waals surface area contributed by atoms with Gasteiger partial charge in [-0.1, -0.05) is 158 Å². The van der Waals surface area contributed by atoms with Crippen molar-refractivity contribution in [3.05, 3.63) is 263 Å². The van der Waals surface area contributed by atoms with E-state index in [0.29, 0.717) is 0 Å². The molecule has 2 aliphatic carbocycles. The summed E-state index contributed by atoms with van der Waals surface area (Å²) in [6.07, 6.45) is 50.8. The van der Waals surface area contributed by atoms with E-state index in [1.54, 1.807) is 17.8 Å². The molecular formula is C63H59NS. The Bertz CT molecular complexity index is 2980. The van der Waals surface area contributed by atoms with Gasteiger partial charge in [-0.3, -0.25) is 0 Å². The van der Waals surface area contributed by atoms with Gasteiger partial charge in [0.2, 0.25) is 0 Å². The lowest BCUT2D eigenvalue weighted by molar-refractivity contribution is 1.07. The molecule has 1 aliphatic heterocycles. The third-order valence-corrected chi connectivity index (χ3v) is 12.0. The normalized spacial score (nSPS) is 15.4. The Labute approximate surface area is 393 Å². The number of benzene rings is 4. The lowest BCUT2D eigenvalue weighted by atomic mass is 9.91. The Hall–Kier alpha value is -7.27. The zero-order valence-corrected chi connectivity index (χ0v) is 39.6. The van der Waals surface area contributed by atoms with Crippen LogP contribution in [0.2, 0.25) is 0 Å². The molecule has 0 atom stereocenters. The number of fused-ring (bicyclic) bond motifs is 4. The van der Waals surface area contributed by atoms with Gasteiger partial charge in [-0.2, -0.15) is 0 Å². The molecule has 1 nitrogen and oxygen atoms in total. The van der Waals surface area contributed by atoms with Crippen LogP contribution in [0.1, 0.15) is 62.4 Å². The average Bonchev–Trinajstić information content (AvgIpc) is 3.71. The first-order valence-corrected chi connectivity index (χ1v) is 23.5. The Kier molecular flexibility index (Phi) is 17.4. The van der Waals surface area contributed by atoms with Gasteiger partial charge >= 0.3 is 0 Å². The van der Waals surface area contributed by atoms with E-state index in [4.69, 9.17) is 0 Å². The van der Waals surface area contributed by atoms with Crippen molar-refractivity contribution < 1.29 is 0 Å². The van der Waals surface area contributed by atoms with E-state index < -0.39 is 0 Å². The highest BCUT2D eigenvalue weighted by molar-refractivity contribution is 7.98. The van der Waals surface area contributed by atoms with Crippen LogP contribution in [0.4, 0.5) is 11.4 Å². The number of hydrogen-bond donors (Lipinski definition) is 0. The van der Waals surface area contributed by atoms with E-state index in [1.807, 2.05) is 63.3 Å². The fourth-order valence-corrected chi connectivity index (χ4v) is 8.60. The van der Waals surface area contributed by atoms with Gasteiger partial charge in [-0.05, 0) is 163 Å². The van der Waals surface area contributed by atoms with Gasteiger partial charge in [0.05, 0.1) is 5.69 Å². The molecule has 0 N–H and O–H groups in total. The molecule has 0 fully saturated rings. The molecule has 1 heterocycles. The first-order valence-electron chi connectivity index (χ1n) is 22.2. The molecule has 0 unspecified atom stereocenters. The van der Waals surface area contributed by atoms with Gasteiger partial charge in [0.25, 0.3) is 0 Å². The van der Waals surface area contributed by atoms with Crippen LogP contribution in [-0.2, 0) is 6.42 Å². The molecule has 0 saturated heterocycles. The number of thioether (sulfide) groups is 1. The number of hydrogen-bond acceptors (Lipinski definition) is 2. The van der Waals surface area contributed by atoms with Crippen LogP contribution in [0.25, 0.3) is 45.2 Å². The maximum atomic E-state index is 3.84. The third kappa shape index (κ3) is 11.9. The molecule has 0 radical (unpaired) electrons. The second kappa shape index (κ2) is 24.0. The summed E-state index contributed by atoms with van der Waals surface area (Å²) in [5.74, 6) is 0. The molecule has 65 heavy (non-hydrogen) atoms. The van der Waals surface area contributed by atoms with Gasteiger partial charge in [-0.15, -0.1) is 29.0 Å². The van der Waals surface area contributed by atoms with Gasteiger partial charge in [0.15, 0.2) is 0 Å². The molecule has 7 rings (SSSR count). The van der Waals surface area contributed by atoms with Crippen LogP contribution < -0.4 is 4.90 Å². The van der Waals surface area contributed by atoms with Crippen LogP contribution in [-0.4, -0.2) is 12.8 Å². The molecule has 4 aromatic rings. The van der Waals surface area contributed by atoms with Crippen molar-refractivity contribution in [1.29, 1.82) is 0 Å². The van der Waals surface area contributed by atoms with Crippen molar-refractivity contribution in [1.82, 2.24) is 0 Å². The van der Waals surface area contributed by atoms with E-state index in [1.165, 1.54) is 77.1 Å². The zero-order chi connectivity index (χ0) is 46.0. The number of anilines is 2. The summed E-state index contributed by atoms with van der Waals surface area (Å²) in [7, 11) is 0. The maximum Gasteiger partial charge on any atom is 0.0506 e. The second-order valence-electron chi connectivity index (χ2n) is 15.6. The second-order valence-corrected chi connectivity index (χ2v) is 16.4. The highest BCUT2D eigenvalue weighted by Crippen LogP contribution is 2.44. The van der Waals surface area contributed by atoms with E-state index in [2.05, 4.69) is 207 Å². The number of nitrogens with zero attached hydrogens (tertiary/aromatic N) is 1. The van der Waals surface area contributed by atoms with Crippen LogP contribution in [0.5, 0.6) is 0 Å². The lowest BCUT2D eigenvalue weighted by Gasteiger charge is -2.29. The predicted octanol–water partition coefficient (Wildman–Crippen LogP) is 17.8. The SMILES string of the molecule is C=C/C(C)=C/C=C\C.C=CC=C=C(/C=C\C)C1=C=CC(c2cc(/C(C)=C/C=C\C)cc(-c3ccc4c(c3)C/C=C\C=C/CN4c3cc4ccccc4c4c3C=C=CC=C4)c2SC)=CC=C1. The van der Waals surface area contributed by atoms with Crippen LogP contribution in [0, 0.1) is 0 Å². The summed E-state index contributed by atoms with van der Waals surface area (Å²) in [6.45, 7) is 18.5. The minimum absolute atomic E-state index is 0.741. The summed E-state index contributed by atoms with van der Waals surface area (Å²) in [6, 6.07) is 22.8. The maximum absolute atomic E-state index is 3.84. The van der Waals surface area contributed by atoms with Gasteiger partial charge < -0.3 is 4.90 Å². The lowest BCUT2D eigenvalue weighted by Crippen LogP contribution is -2.20. The average molecular weight is 862 g/mol. The highest BCUT2D eigenvalue weighted by atomic mass is 32.2. The van der Waals surface area contributed by atoms with Crippen LogP contribution in [0.15, 0.2) is 240 Å². The third-order valence-electron chi connectivity index (χ3n) is 11.1. The molecule has 2 heteroatoms. The Morgan fingerprint density at radius 3 is 2.38 bits per heavy atom. The molecule has 0 saturated carbocycles. The minimum atomic E-state index is 0.741. The van der Waals surface area contributed by atoms with Gasteiger partial charge in [0, 0.05) is 33.8 Å². The van der Waals surface area contributed by atoms with E-state index >= 15 is 0 Å². The van der Waals surface area contributed by atoms with Crippen molar-refractivity contribution in [2.45, 2.75) is 45.9 Å². The summed E-state index contributed by atoms with van der Waals surface area (Å²) in [4.78, 5) is 3.71. The number of rotatable bonds is 11. The van der Waals surface area contributed by atoms with Crippen molar-refractivity contribution in [2.75, 3.05) is 17.7 Å². The smallest absolute Gasteiger partial charge is 0.0506 e. The van der Waals surface area contributed by atoms with Crippen LogP contribution >= 0.6 is 11.8 Å². The largest absolute Gasteiger partial charge is 0.337 e. The fourth-order valence-electron chi connectivity index (χ4n) is 7.81. The van der Waals surface area contributed by atoms with Crippen molar-refractivity contribution >= 4 is 57.2 Å². The monoisotopic (exact) mass is 861 g/mol. The summed E-state index contributed by atoms with van der Waals surface area (Å²) >= 11 is 1.79. The van der Waals surface area contributed by atoms with E-state index in [0.717, 1.165) is 29.7 Å². The van der Waals surface area contributed by atoms with E-state index in [9.17, 15) is 0 Å². The molecule has 0 bridgehead atoms. The van der Waals surface area contributed by atoms with Crippen molar-refractivity contribution in [3.8, 4) is 11.1 Å². The van der Waals surface area contributed by atoms with Crippen molar-refractivity contribution in [2.24, 2.45) is 0 Å². The summed E-state index contributed by atoms with van der Waals surface area (Å²) in [5.41, 5.74) is 26.6. The number of allylic oxidation sites excluding steroid dienone is 23. The molecule has 322 valence electrons. The molecular weight excluding hydrogens is 803 g/mol. The van der Waals surface area contributed by atoms with Gasteiger partial charge in [-0.25, -0.2) is 0 Å². The quantitative estimate of drug-likeness (QED) is 0.0840. The summed E-state index contributed by atoms with van der Waals surface area (Å²) in [5, 5.41) is 2.47. The van der Waals surface area contributed by atoms with Crippen LogP contribution in [0.3, 0.4) is 0 Å². The minimum Gasteiger partial charge on any atom is -0.337 e. The topological polar surface area (TPSA) is 3.24 Å². The predicted molar refractivity (Wildman–Crippen MR) is 291 cm³/mol. The summed E-state index contributed by atoms with van der Waals surface area (Å²) < 4.78 is 0. The zero-order valence-electron chi connectivity index (χ0n) is 38.7. The molecule has 4 aromatic carbocycles.